The number of carbonyl (C=O) groups is 1. The van der Waals surface area contributed by atoms with Crippen LogP contribution in [0.4, 0.5) is 0 Å². The average molecular weight is 313 g/mol. The van der Waals surface area contributed by atoms with Gasteiger partial charge in [0.1, 0.15) is 6.33 Å². The molecule has 1 aromatic heterocycles. The van der Waals surface area contributed by atoms with Crippen LogP contribution in [-0.2, 0) is 12.8 Å². The number of hydrogen-bond acceptors (Lipinski definition) is 4. The van der Waals surface area contributed by atoms with Gasteiger partial charge in [0.05, 0.1) is 5.75 Å². The summed E-state index contributed by atoms with van der Waals surface area (Å²) in [5, 5.41) is 8.98. The lowest BCUT2D eigenvalue weighted by Gasteiger charge is -2.16. The first-order valence-electron chi connectivity index (χ1n) is 7.98. The van der Waals surface area contributed by atoms with Crippen LogP contribution in [0, 0.1) is 0 Å². The lowest BCUT2D eigenvalue weighted by molar-refractivity contribution is 0.102. The van der Waals surface area contributed by atoms with Crippen molar-refractivity contribution in [3.63, 3.8) is 0 Å². The maximum Gasteiger partial charge on any atom is 0.191 e. The number of carbonyl (C=O) groups excluding carboxylic acids is 1. The minimum Gasteiger partial charge on any atom is -0.306 e. The summed E-state index contributed by atoms with van der Waals surface area (Å²) in [7, 11) is 0. The molecular weight excluding hydrogens is 294 g/mol. The minimum atomic E-state index is 0.184. The van der Waals surface area contributed by atoms with Gasteiger partial charge < -0.3 is 4.57 Å². The highest BCUT2D eigenvalue weighted by Crippen LogP contribution is 2.37. The fourth-order valence-electron chi connectivity index (χ4n) is 3.06. The summed E-state index contributed by atoms with van der Waals surface area (Å²) in [6.45, 7) is 0. The number of fused-ring (bicyclic) bond motifs is 1. The molecule has 4 rings (SSSR count). The molecule has 0 spiro atoms. The van der Waals surface area contributed by atoms with E-state index >= 15 is 0 Å². The second-order valence-electron chi connectivity index (χ2n) is 6.15. The lowest BCUT2D eigenvalue weighted by atomic mass is 9.90. The van der Waals surface area contributed by atoms with E-state index in [1.165, 1.54) is 48.6 Å². The Bertz CT molecular complexity index is 706. The summed E-state index contributed by atoms with van der Waals surface area (Å²) in [5.41, 5.74) is 3.62. The SMILES string of the molecule is O=C(CSc1nncn1C1CC1)c1ccc2c(c1)CCCC2. The van der Waals surface area contributed by atoms with Crippen LogP contribution in [0.25, 0.3) is 0 Å². The average Bonchev–Trinajstić information content (AvgIpc) is 3.30. The molecule has 2 aliphatic rings. The molecule has 0 radical (unpaired) electrons. The Morgan fingerprint density at radius 3 is 2.86 bits per heavy atom. The van der Waals surface area contributed by atoms with Crippen molar-refractivity contribution in [1.29, 1.82) is 0 Å². The zero-order valence-corrected chi connectivity index (χ0v) is 13.3. The summed E-state index contributed by atoms with van der Waals surface area (Å²) >= 11 is 1.50. The third kappa shape index (κ3) is 2.82. The van der Waals surface area contributed by atoms with E-state index in [0.29, 0.717) is 11.8 Å². The van der Waals surface area contributed by atoms with Gasteiger partial charge in [0, 0.05) is 11.6 Å². The van der Waals surface area contributed by atoms with Gasteiger partial charge in [-0.2, -0.15) is 0 Å². The second-order valence-corrected chi connectivity index (χ2v) is 7.10. The number of nitrogens with zero attached hydrogens (tertiary/aromatic N) is 3. The van der Waals surface area contributed by atoms with Gasteiger partial charge in [0.15, 0.2) is 10.9 Å². The number of aromatic nitrogens is 3. The normalized spacial score (nSPS) is 17.3. The Hall–Kier alpha value is -1.62. The van der Waals surface area contributed by atoms with Crippen molar-refractivity contribution in [3.8, 4) is 0 Å². The number of thioether (sulfide) groups is 1. The molecule has 1 heterocycles. The number of Topliss-reactive ketones (excluding diaryl/α,β-unsaturated/α-hetero) is 1. The van der Waals surface area contributed by atoms with Gasteiger partial charge in [0.25, 0.3) is 0 Å². The molecule has 5 heteroatoms. The zero-order valence-electron chi connectivity index (χ0n) is 12.5. The van der Waals surface area contributed by atoms with Crippen molar-refractivity contribution in [1.82, 2.24) is 14.8 Å². The van der Waals surface area contributed by atoms with E-state index in [-0.39, 0.29) is 5.78 Å². The van der Waals surface area contributed by atoms with Crippen LogP contribution in [0.1, 0.15) is 53.2 Å². The van der Waals surface area contributed by atoms with Crippen LogP contribution in [0.15, 0.2) is 29.7 Å². The van der Waals surface area contributed by atoms with Gasteiger partial charge in [-0.25, -0.2) is 0 Å². The third-order valence-electron chi connectivity index (χ3n) is 4.48. The van der Waals surface area contributed by atoms with E-state index in [0.717, 1.165) is 23.6 Å². The summed E-state index contributed by atoms with van der Waals surface area (Å²) in [5.74, 6) is 0.619. The van der Waals surface area contributed by atoms with Crippen LogP contribution in [0.5, 0.6) is 0 Å². The number of ketones is 1. The van der Waals surface area contributed by atoms with Gasteiger partial charge in [0.2, 0.25) is 0 Å². The first kappa shape index (κ1) is 14.0. The number of hydrogen-bond donors (Lipinski definition) is 0. The Balaban J connectivity index is 1.44. The largest absolute Gasteiger partial charge is 0.306 e. The van der Waals surface area contributed by atoms with E-state index in [2.05, 4.69) is 26.9 Å². The Morgan fingerprint density at radius 2 is 2.05 bits per heavy atom. The summed E-state index contributed by atoms with van der Waals surface area (Å²) in [6.07, 6.45) is 8.96. The van der Waals surface area contributed by atoms with Gasteiger partial charge in [-0.15, -0.1) is 10.2 Å². The molecule has 2 aromatic rings. The topological polar surface area (TPSA) is 47.8 Å². The van der Waals surface area contributed by atoms with E-state index < -0.39 is 0 Å². The molecule has 2 aliphatic carbocycles. The van der Waals surface area contributed by atoms with Crippen molar-refractivity contribution in [2.75, 3.05) is 5.75 Å². The van der Waals surface area contributed by atoms with Gasteiger partial charge >= 0.3 is 0 Å². The molecule has 114 valence electrons. The van der Waals surface area contributed by atoms with Gasteiger partial charge in [-0.1, -0.05) is 23.9 Å². The first-order chi connectivity index (χ1) is 10.8. The van der Waals surface area contributed by atoms with Crippen LogP contribution in [-0.4, -0.2) is 26.3 Å². The van der Waals surface area contributed by atoms with Crippen molar-refractivity contribution in [2.24, 2.45) is 0 Å². The van der Waals surface area contributed by atoms with Crippen LogP contribution < -0.4 is 0 Å². The number of aryl methyl sites for hydroxylation is 2. The smallest absolute Gasteiger partial charge is 0.191 e. The van der Waals surface area contributed by atoms with Gasteiger partial charge in [-0.05, 0) is 55.7 Å². The molecule has 0 bridgehead atoms. The molecule has 1 saturated carbocycles. The second kappa shape index (κ2) is 5.88. The molecule has 22 heavy (non-hydrogen) atoms. The molecule has 0 aliphatic heterocycles. The van der Waals surface area contributed by atoms with E-state index in [4.69, 9.17) is 0 Å². The molecule has 1 fully saturated rings. The number of rotatable bonds is 5. The lowest BCUT2D eigenvalue weighted by Crippen LogP contribution is -2.08. The molecule has 0 amide bonds. The standard InChI is InChI=1S/C17H19N3OS/c21-16(10-22-17-19-18-11-20(17)15-7-8-15)14-6-5-12-3-1-2-4-13(12)9-14/h5-6,9,11,15H,1-4,7-8,10H2. The predicted molar refractivity (Wildman–Crippen MR) is 86.4 cm³/mol. The monoisotopic (exact) mass is 313 g/mol. The molecular formula is C17H19N3OS. The maximum atomic E-state index is 12.4. The fourth-order valence-corrected chi connectivity index (χ4v) is 3.94. The maximum absolute atomic E-state index is 12.4. The third-order valence-corrected chi connectivity index (χ3v) is 5.44. The zero-order chi connectivity index (χ0) is 14.9. The molecule has 0 unspecified atom stereocenters. The van der Waals surface area contributed by atoms with E-state index in [9.17, 15) is 4.79 Å². The highest BCUT2D eigenvalue weighted by molar-refractivity contribution is 7.99. The first-order valence-corrected chi connectivity index (χ1v) is 8.97. The number of benzene rings is 1. The molecule has 0 atom stereocenters. The highest BCUT2D eigenvalue weighted by Gasteiger charge is 2.26. The van der Waals surface area contributed by atoms with Crippen molar-refractivity contribution in [3.05, 3.63) is 41.2 Å². The summed E-state index contributed by atoms with van der Waals surface area (Å²) < 4.78 is 2.10. The van der Waals surface area contributed by atoms with Crippen LogP contribution in [0.2, 0.25) is 0 Å². The molecule has 1 aromatic carbocycles. The molecule has 0 saturated heterocycles. The molecule has 4 nitrogen and oxygen atoms in total. The van der Waals surface area contributed by atoms with Crippen LogP contribution in [0.3, 0.4) is 0 Å². The minimum absolute atomic E-state index is 0.184. The Labute approximate surface area is 134 Å². The highest BCUT2D eigenvalue weighted by atomic mass is 32.2. The van der Waals surface area contributed by atoms with E-state index in [1.54, 1.807) is 6.33 Å². The Kier molecular flexibility index (Phi) is 3.74. The Morgan fingerprint density at radius 1 is 1.23 bits per heavy atom. The summed E-state index contributed by atoms with van der Waals surface area (Å²) in [4.78, 5) is 12.4. The molecule has 0 N–H and O–H groups in total. The predicted octanol–water partition coefficient (Wildman–Crippen LogP) is 3.47. The van der Waals surface area contributed by atoms with Crippen molar-refractivity contribution >= 4 is 17.5 Å². The fraction of sp³-hybridized carbons (Fsp3) is 0.471. The van der Waals surface area contributed by atoms with Crippen molar-refractivity contribution in [2.45, 2.75) is 49.7 Å². The van der Waals surface area contributed by atoms with E-state index in [1.807, 2.05) is 6.07 Å². The van der Waals surface area contributed by atoms with Crippen LogP contribution >= 0.6 is 11.8 Å². The quantitative estimate of drug-likeness (QED) is 0.626. The summed E-state index contributed by atoms with van der Waals surface area (Å²) in [6, 6.07) is 6.78. The van der Waals surface area contributed by atoms with Gasteiger partial charge in [-0.3, -0.25) is 4.79 Å². The van der Waals surface area contributed by atoms with Crippen molar-refractivity contribution < 1.29 is 4.79 Å².